The first-order valence-corrected chi connectivity index (χ1v) is 6.54. The highest BCUT2D eigenvalue weighted by Crippen LogP contribution is 2.06. The van der Waals surface area contributed by atoms with Gasteiger partial charge in [-0.15, -0.1) is 12.3 Å². The van der Waals surface area contributed by atoms with E-state index in [4.69, 9.17) is 15.9 Å². The molecule has 3 heteroatoms. The summed E-state index contributed by atoms with van der Waals surface area (Å²) < 4.78 is 9.62. The maximum atomic E-state index is 11.0. The fourth-order valence-corrected chi connectivity index (χ4v) is 1.45. The number of terminal acetylenes is 1. The summed E-state index contributed by atoms with van der Waals surface area (Å²) in [7, 11) is 0. The van der Waals surface area contributed by atoms with Gasteiger partial charge in [-0.05, 0) is 6.42 Å². The van der Waals surface area contributed by atoms with Gasteiger partial charge in [0.25, 0.3) is 0 Å². The molecule has 0 rings (SSSR count). The predicted molar refractivity (Wildman–Crippen MR) is 68.7 cm³/mol. The van der Waals surface area contributed by atoms with Crippen LogP contribution in [0.2, 0.25) is 0 Å². The van der Waals surface area contributed by atoms with Gasteiger partial charge in [0.15, 0.2) is 0 Å². The third-order valence-corrected chi connectivity index (χ3v) is 2.43. The Morgan fingerprint density at radius 1 is 1.00 bits per heavy atom. The van der Waals surface area contributed by atoms with E-state index in [1.807, 2.05) is 0 Å². The summed E-state index contributed by atoms with van der Waals surface area (Å²) in [5, 5.41) is 0. The van der Waals surface area contributed by atoms with Gasteiger partial charge in [-0.1, -0.05) is 45.4 Å². The van der Waals surface area contributed by atoms with Crippen LogP contribution in [0, 0.1) is 12.3 Å². The van der Waals surface area contributed by atoms with Crippen LogP contribution in [0.15, 0.2) is 0 Å². The Hall–Kier alpha value is -1.17. The number of carbonyl (C=O) groups excluding carboxylic acids is 1. The largest absolute Gasteiger partial charge is 0.508 e. The molecule has 3 nitrogen and oxygen atoms in total. The minimum absolute atomic E-state index is 0.242. The lowest BCUT2D eigenvalue weighted by Crippen LogP contribution is -2.09. The lowest BCUT2D eigenvalue weighted by molar-refractivity contribution is 0.0556. The lowest BCUT2D eigenvalue weighted by Gasteiger charge is -2.04. The van der Waals surface area contributed by atoms with Crippen molar-refractivity contribution in [1.29, 1.82) is 0 Å². The van der Waals surface area contributed by atoms with E-state index in [1.54, 1.807) is 0 Å². The molecule has 0 unspecified atom stereocenters. The second-order valence-corrected chi connectivity index (χ2v) is 4.02. The Kier molecular flexibility index (Phi) is 12.0. The van der Waals surface area contributed by atoms with E-state index in [0.717, 1.165) is 12.8 Å². The van der Waals surface area contributed by atoms with Crippen molar-refractivity contribution in [3.8, 4) is 12.3 Å². The standard InChI is InChI=1S/C14H24O3/c1-3-5-7-8-9-10-11-13-17-14(15)16-12-6-4-2/h2H,3,5-13H2,1H3. The van der Waals surface area contributed by atoms with Crippen molar-refractivity contribution < 1.29 is 14.3 Å². The van der Waals surface area contributed by atoms with Crippen molar-refractivity contribution in [2.75, 3.05) is 13.2 Å². The van der Waals surface area contributed by atoms with Crippen molar-refractivity contribution in [3.63, 3.8) is 0 Å². The molecule has 0 aliphatic rings. The summed E-state index contributed by atoms with van der Waals surface area (Å²) in [5.74, 6) is 2.39. The zero-order valence-electron chi connectivity index (χ0n) is 10.9. The molecule has 0 bridgehead atoms. The topological polar surface area (TPSA) is 35.5 Å². The maximum absolute atomic E-state index is 11.0. The average Bonchev–Trinajstić information content (AvgIpc) is 2.33. The normalized spacial score (nSPS) is 9.65. The number of unbranched alkanes of at least 4 members (excludes halogenated alkanes) is 6. The third kappa shape index (κ3) is 12.8. The smallest absolute Gasteiger partial charge is 0.434 e. The number of hydrogen-bond acceptors (Lipinski definition) is 3. The van der Waals surface area contributed by atoms with Gasteiger partial charge in [-0.2, -0.15) is 0 Å². The van der Waals surface area contributed by atoms with Crippen molar-refractivity contribution >= 4 is 6.16 Å². The second-order valence-electron chi connectivity index (χ2n) is 4.02. The Morgan fingerprint density at radius 2 is 1.59 bits per heavy atom. The fourth-order valence-electron chi connectivity index (χ4n) is 1.45. The van der Waals surface area contributed by atoms with Crippen LogP contribution in [0.25, 0.3) is 0 Å². The van der Waals surface area contributed by atoms with Crippen molar-refractivity contribution in [2.45, 2.75) is 58.3 Å². The average molecular weight is 240 g/mol. The molecule has 0 aromatic heterocycles. The molecular weight excluding hydrogens is 216 g/mol. The molecule has 0 saturated carbocycles. The van der Waals surface area contributed by atoms with E-state index in [1.165, 1.54) is 32.1 Å². The predicted octanol–water partition coefficient (Wildman–Crippen LogP) is 3.91. The highest BCUT2D eigenvalue weighted by Gasteiger charge is 2.01. The third-order valence-electron chi connectivity index (χ3n) is 2.43. The summed E-state index contributed by atoms with van der Waals surface area (Å²) in [6.07, 6.45) is 13.3. The fraction of sp³-hybridized carbons (Fsp3) is 0.786. The van der Waals surface area contributed by atoms with Crippen LogP contribution < -0.4 is 0 Å². The zero-order chi connectivity index (χ0) is 12.8. The Morgan fingerprint density at radius 3 is 2.24 bits per heavy atom. The number of hydrogen-bond donors (Lipinski definition) is 0. The number of rotatable bonds is 10. The van der Waals surface area contributed by atoms with E-state index < -0.39 is 6.16 Å². The Labute approximate surface area is 105 Å². The van der Waals surface area contributed by atoms with Gasteiger partial charge >= 0.3 is 6.16 Å². The van der Waals surface area contributed by atoms with Crippen LogP contribution in [0.3, 0.4) is 0 Å². The van der Waals surface area contributed by atoms with Crippen LogP contribution in [0.4, 0.5) is 4.79 Å². The van der Waals surface area contributed by atoms with Crippen LogP contribution in [-0.4, -0.2) is 19.4 Å². The first-order chi connectivity index (χ1) is 8.31. The molecule has 0 aromatic rings. The maximum Gasteiger partial charge on any atom is 0.508 e. The highest BCUT2D eigenvalue weighted by atomic mass is 16.7. The van der Waals surface area contributed by atoms with Crippen LogP contribution in [0.5, 0.6) is 0 Å². The summed E-state index contributed by atoms with van der Waals surface area (Å²) in [6, 6.07) is 0. The number of carbonyl (C=O) groups is 1. The van der Waals surface area contributed by atoms with Gasteiger partial charge in [-0.3, -0.25) is 0 Å². The highest BCUT2D eigenvalue weighted by molar-refractivity contribution is 5.59. The minimum Gasteiger partial charge on any atom is -0.434 e. The van der Waals surface area contributed by atoms with E-state index >= 15 is 0 Å². The molecule has 0 heterocycles. The van der Waals surface area contributed by atoms with Crippen molar-refractivity contribution in [3.05, 3.63) is 0 Å². The number of ether oxygens (including phenoxy) is 2. The Bertz CT molecular complexity index is 218. The zero-order valence-corrected chi connectivity index (χ0v) is 10.9. The Balaban J connectivity index is 3.11. The monoisotopic (exact) mass is 240 g/mol. The molecule has 0 aliphatic heterocycles. The van der Waals surface area contributed by atoms with Crippen LogP contribution in [-0.2, 0) is 9.47 Å². The quantitative estimate of drug-likeness (QED) is 0.330. The van der Waals surface area contributed by atoms with E-state index in [-0.39, 0.29) is 6.61 Å². The lowest BCUT2D eigenvalue weighted by atomic mass is 10.1. The van der Waals surface area contributed by atoms with Gasteiger partial charge < -0.3 is 9.47 Å². The second kappa shape index (κ2) is 12.9. The van der Waals surface area contributed by atoms with Gasteiger partial charge in [0.2, 0.25) is 0 Å². The molecule has 0 saturated heterocycles. The molecule has 0 spiro atoms. The molecule has 98 valence electrons. The molecule has 0 N–H and O–H groups in total. The van der Waals surface area contributed by atoms with Gasteiger partial charge in [-0.25, -0.2) is 4.79 Å². The molecular formula is C14H24O3. The van der Waals surface area contributed by atoms with Crippen molar-refractivity contribution in [2.24, 2.45) is 0 Å². The molecule has 17 heavy (non-hydrogen) atoms. The van der Waals surface area contributed by atoms with Crippen LogP contribution >= 0.6 is 0 Å². The molecule has 0 atom stereocenters. The van der Waals surface area contributed by atoms with E-state index in [0.29, 0.717) is 13.0 Å². The molecule has 0 aliphatic carbocycles. The van der Waals surface area contributed by atoms with Crippen molar-refractivity contribution in [1.82, 2.24) is 0 Å². The summed E-state index contributed by atoms with van der Waals surface area (Å²) in [6.45, 7) is 2.90. The van der Waals surface area contributed by atoms with Gasteiger partial charge in [0.1, 0.15) is 6.61 Å². The van der Waals surface area contributed by atoms with Crippen LogP contribution in [0.1, 0.15) is 58.3 Å². The molecule has 0 amide bonds. The summed E-state index contributed by atoms with van der Waals surface area (Å²) in [4.78, 5) is 11.0. The SMILES string of the molecule is C#CCCOC(=O)OCCCCCCCCC. The molecule has 0 radical (unpaired) electrons. The minimum atomic E-state index is -0.605. The van der Waals surface area contributed by atoms with Gasteiger partial charge in [0, 0.05) is 6.42 Å². The van der Waals surface area contributed by atoms with Gasteiger partial charge in [0.05, 0.1) is 6.61 Å². The molecule has 0 aromatic carbocycles. The summed E-state index contributed by atoms with van der Waals surface area (Å²) in [5.41, 5.74) is 0. The van der Waals surface area contributed by atoms with E-state index in [9.17, 15) is 4.79 Å². The first kappa shape index (κ1) is 15.8. The first-order valence-electron chi connectivity index (χ1n) is 6.54. The molecule has 0 fully saturated rings. The van der Waals surface area contributed by atoms with E-state index in [2.05, 4.69) is 12.8 Å². The summed E-state index contributed by atoms with van der Waals surface area (Å²) >= 11 is 0.